The fraction of sp³-hybridized carbons (Fsp3) is 0.435. The number of fused-ring (bicyclic) bond motifs is 1. The molecule has 1 aliphatic heterocycles. The summed E-state index contributed by atoms with van der Waals surface area (Å²) in [5, 5.41) is 5.50. The van der Waals surface area contributed by atoms with Gasteiger partial charge in [-0.05, 0) is 51.0 Å². The van der Waals surface area contributed by atoms with Gasteiger partial charge in [-0.25, -0.2) is 9.07 Å². The summed E-state index contributed by atoms with van der Waals surface area (Å²) >= 11 is 0. The van der Waals surface area contributed by atoms with Gasteiger partial charge in [-0.3, -0.25) is 14.2 Å². The number of rotatable bonds is 5. The maximum absolute atomic E-state index is 13.8. The Bertz CT molecular complexity index is 1190. The summed E-state index contributed by atoms with van der Waals surface area (Å²) in [6.07, 6.45) is 0.657. The Balaban J connectivity index is 1.77. The molecule has 1 fully saturated rings. The minimum atomic E-state index is -0.362. The van der Waals surface area contributed by atoms with Gasteiger partial charge < -0.3 is 9.64 Å². The van der Waals surface area contributed by atoms with Crippen molar-refractivity contribution in [2.45, 2.75) is 40.2 Å². The minimum Gasteiger partial charge on any atom is -0.378 e. The van der Waals surface area contributed by atoms with Crippen LogP contribution >= 0.6 is 0 Å². The fourth-order valence-electron chi connectivity index (χ4n) is 4.35. The van der Waals surface area contributed by atoms with E-state index >= 15 is 0 Å². The first kappa shape index (κ1) is 21.2. The van der Waals surface area contributed by atoms with Gasteiger partial charge in [-0.1, -0.05) is 6.07 Å². The van der Waals surface area contributed by atoms with Crippen LogP contribution in [0, 0.1) is 19.7 Å². The lowest BCUT2D eigenvalue weighted by atomic mass is 10.0. The number of amides is 1. The largest absolute Gasteiger partial charge is 0.378 e. The van der Waals surface area contributed by atoms with Gasteiger partial charge in [0, 0.05) is 37.0 Å². The second-order valence-corrected chi connectivity index (χ2v) is 7.82. The second-order valence-electron chi connectivity index (χ2n) is 7.82. The van der Waals surface area contributed by atoms with Crippen molar-refractivity contribution in [1.82, 2.24) is 19.2 Å². The van der Waals surface area contributed by atoms with Crippen molar-refractivity contribution in [1.29, 1.82) is 0 Å². The highest BCUT2D eigenvalue weighted by Crippen LogP contribution is 2.26. The molecular weight excluding hydrogens is 399 g/mol. The van der Waals surface area contributed by atoms with E-state index < -0.39 is 0 Å². The van der Waals surface area contributed by atoms with Gasteiger partial charge in [0.15, 0.2) is 0 Å². The molecule has 0 saturated carbocycles. The van der Waals surface area contributed by atoms with E-state index in [1.165, 1.54) is 12.1 Å². The van der Waals surface area contributed by atoms with Gasteiger partial charge in [0.25, 0.3) is 5.56 Å². The topological polar surface area (TPSA) is 69.4 Å². The number of benzene rings is 1. The lowest BCUT2D eigenvalue weighted by Gasteiger charge is -2.27. The lowest BCUT2D eigenvalue weighted by Crippen LogP contribution is -2.41. The third-order valence-electron chi connectivity index (χ3n) is 5.94. The smallest absolute Gasteiger partial charge is 0.255 e. The highest BCUT2D eigenvalue weighted by Gasteiger charge is 2.23. The molecule has 8 heteroatoms. The quantitative estimate of drug-likeness (QED) is 0.629. The summed E-state index contributed by atoms with van der Waals surface area (Å²) in [5.41, 5.74) is 3.32. The number of carbonyl (C=O) groups excluding carboxylic acids is 1. The normalized spacial score (nSPS) is 14.4. The van der Waals surface area contributed by atoms with Gasteiger partial charge in [0.2, 0.25) is 5.91 Å². The van der Waals surface area contributed by atoms with E-state index in [2.05, 4.69) is 5.10 Å². The maximum atomic E-state index is 13.8. The van der Waals surface area contributed by atoms with Crippen molar-refractivity contribution in [3.63, 3.8) is 0 Å². The van der Waals surface area contributed by atoms with Gasteiger partial charge in [0.05, 0.1) is 24.6 Å². The molecule has 1 aromatic carbocycles. The van der Waals surface area contributed by atoms with Crippen LogP contribution in [-0.2, 0) is 22.5 Å². The maximum Gasteiger partial charge on any atom is 0.255 e. The SMILES string of the molecule is CCn1c(=O)c(CCC(=O)N2CCOCC2)c(C)c2c(C)nn(-c3cccc(F)c3)c21. The Kier molecular flexibility index (Phi) is 5.91. The first-order chi connectivity index (χ1) is 14.9. The van der Waals surface area contributed by atoms with Crippen molar-refractivity contribution >= 4 is 16.9 Å². The van der Waals surface area contributed by atoms with Crippen LogP contribution in [0.4, 0.5) is 4.39 Å². The number of aryl methyl sites for hydroxylation is 3. The summed E-state index contributed by atoms with van der Waals surface area (Å²) in [5.74, 6) is -0.323. The molecule has 3 heterocycles. The van der Waals surface area contributed by atoms with Crippen molar-refractivity contribution in [3.05, 3.63) is 57.3 Å². The van der Waals surface area contributed by atoms with Gasteiger partial charge in [-0.2, -0.15) is 5.10 Å². The minimum absolute atomic E-state index is 0.0393. The van der Waals surface area contributed by atoms with E-state index in [1.54, 1.807) is 26.3 Å². The molecule has 1 saturated heterocycles. The first-order valence-electron chi connectivity index (χ1n) is 10.7. The van der Waals surface area contributed by atoms with Crippen molar-refractivity contribution < 1.29 is 13.9 Å². The third kappa shape index (κ3) is 3.87. The first-order valence-corrected chi connectivity index (χ1v) is 10.7. The molecule has 2 aromatic heterocycles. The Morgan fingerprint density at radius 3 is 2.65 bits per heavy atom. The third-order valence-corrected chi connectivity index (χ3v) is 5.94. The lowest BCUT2D eigenvalue weighted by molar-refractivity contribution is -0.135. The molecule has 164 valence electrons. The van der Waals surface area contributed by atoms with E-state index in [-0.39, 0.29) is 23.7 Å². The predicted molar refractivity (Wildman–Crippen MR) is 116 cm³/mol. The van der Waals surface area contributed by atoms with Crippen LogP contribution in [0.25, 0.3) is 16.7 Å². The second kappa shape index (κ2) is 8.63. The summed E-state index contributed by atoms with van der Waals surface area (Å²) in [7, 11) is 0. The molecule has 7 nitrogen and oxygen atoms in total. The summed E-state index contributed by atoms with van der Waals surface area (Å²) in [6.45, 7) is 8.43. The average Bonchev–Trinajstić information content (AvgIpc) is 3.11. The Hall–Kier alpha value is -3.00. The summed E-state index contributed by atoms with van der Waals surface area (Å²) in [4.78, 5) is 27.8. The Morgan fingerprint density at radius 2 is 1.97 bits per heavy atom. The number of hydrogen-bond acceptors (Lipinski definition) is 4. The molecule has 0 spiro atoms. The number of halogens is 1. The van der Waals surface area contributed by atoms with Gasteiger partial charge >= 0.3 is 0 Å². The molecule has 0 radical (unpaired) electrons. The van der Waals surface area contributed by atoms with Crippen molar-refractivity contribution in [2.75, 3.05) is 26.3 Å². The summed E-state index contributed by atoms with van der Waals surface area (Å²) < 4.78 is 22.5. The van der Waals surface area contributed by atoms with Crippen LogP contribution in [0.1, 0.15) is 30.2 Å². The van der Waals surface area contributed by atoms with Crippen LogP contribution in [-0.4, -0.2) is 51.5 Å². The van der Waals surface area contributed by atoms with Crippen LogP contribution < -0.4 is 5.56 Å². The number of ether oxygens (including phenoxy) is 1. The molecule has 0 N–H and O–H groups in total. The highest BCUT2D eigenvalue weighted by molar-refractivity contribution is 5.85. The molecule has 3 aromatic rings. The highest BCUT2D eigenvalue weighted by atomic mass is 19.1. The van der Waals surface area contributed by atoms with E-state index in [9.17, 15) is 14.0 Å². The van der Waals surface area contributed by atoms with Crippen LogP contribution in [0.5, 0.6) is 0 Å². The van der Waals surface area contributed by atoms with Crippen molar-refractivity contribution in [2.24, 2.45) is 0 Å². The van der Waals surface area contributed by atoms with Gasteiger partial charge in [0.1, 0.15) is 11.5 Å². The number of morpholine rings is 1. The molecule has 4 rings (SSSR count). The number of carbonyl (C=O) groups is 1. The van der Waals surface area contributed by atoms with E-state index in [4.69, 9.17) is 4.74 Å². The monoisotopic (exact) mass is 426 g/mol. The zero-order valence-electron chi connectivity index (χ0n) is 18.2. The molecular formula is C23H27FN4O3. The molecule has 1 amide bonds. The number of aromatic nitrogens is 3. The van der Waals surface area contributed by atoms with E-state index in [0.717, 1.165) is 16.6 Å². The molecule has 0 atom stereocenters. The molecule has 0 bridgehead atoms. The van der Waals surface area contributed by atoms with Crippen LogP contribution in [0.3, 0.4) is 0 Å². The Morgan fingerprint density at radius 1 is 1.23 bits per heavy atom. The fourth-order valence-corrected chi connectivity index (χ4v) is 4.35. The number of nitrogens with zero attached hydrogens (tertiary/aromatic N) is 4. The van der Waals surface area contributed by atoms with E-state index in [0.29, 0.717) is 56.2 Å². The number of hydrogen-bond donors (Lipinski definition) is 0. The van der Waals surface area contributed by atoms with Gasteiger partial charge in [-0.15, -0.1) is 0 Å². The molecule has 0 aliphatic carbocycles. The zero-order valence-corrected chi connectivity index (χ0v) is 18.2. The summed E-state index contributed by atoms with van der Waals surface area (Å²) in [6, 6.07) is 6.18. The predicted octanol–water partition coefficient (Wildman–Crippen LogP) is 2.75. The molecule has 0 unspecified atom stereocenters. The van der Waals surface area contributed by atoms with Crippen LogP contribution in [0.2, 0.25) is 0 Å². The molecule has 31 heavy (non-hydrogen) atoms. The average molecular weight is 426 g/mol. The zero-order chi connectivity index (χ0) is 22.1. The van der Waals surface area contributed by atoms with Crippen LogP contribution in [0.15, 0.2) is 29.1 Å². The van der Waals surface area contributed by atoms with E-state index in [1.807, 2.05) is 20.8 Å². The van der Waals surface area contributed by atoms with Crippen molar-refractivity contribution in [3.8, 4) is 5.69 Å². The molecule has 1 aliphatic rings. The Labute approximate surface area is 180 Å². The standard InChI is InChI=1S/C23H27FN4O3/c1-4-27-22-21(16(3)25-28(22)18-7-5-6-17(24)14-18)15(2)19(23(27)30)8-9-20(29)26-10-12-31-13-11-26/h5-7,14H,4,8-13H2,1-3H3. The number of pyridine rings is 1.